The number of benzene rings is 1. The molecule has 6 nitrogen and oxygen atoms in total. The lowest BCUT2D eigenvalue weighted by molar-refractivity contribution is -0.141. The van der Waals surface area contributed by atoms with Gasteiger partial charge in [-0.05, 0) is 26.0 Å². The topological polar surface area (TPSA) is 53.1 Å². The molecule has 1 atom stereocenters. The van der Waals surface area contributed by atoms with Crippen LogP contribution in [0.3, 0.4) is 0 Å². The molecule has 0 aromatic heterocycles. The highest BCUT2D eigenvalue weighted by molar-refractivity contribution is 5.94. The second kappa shape index (κ2) is 7.32. The van der Waals surface area contributed by atoms with Gasteiger partial charge in [-0.1, -0.05) is 12.1 Å². The van der Waals surface area contributed by atoms with Crippen LogP contribution in [0, 0.1) is 5.82 Å². The van der Waals surface area contributed by atoms with Gasteiger partial charge in [0.25, 0.3) is 5.91 Å². The maximum Gasteiger partial charge on any atom is 0.256 e. The second-order valence-electron chi connectivity index (χ2n) is 7.60. The van der Waals surface area contributed by atoms with Crippen molar-refractivity contribution in [1.29, 1.82) is 0 Å². The molecule has 2 heterocycles. The van der Waals surface area contributed by atoms with Gasteiger partial charge in [-0.2, -0.15) is 0 Å². The van der Waals surface area contributed by atoms with Gasteiger partial charge in [-0.15, -0.1) is 0 Å². The molecule has 26 heavy (non-hydrogen) atoms. The molecule has 142 valence electrons. The van der Waals surface area contributed by atoms with Gasteiger partial charge >= 0.3 is 0 Å². The van der Waals surface area contributed by atoms with E-state index >= 15 is 0 Å². The molecule has 0 saturated carbocycles. The van der Waals surface area contributed by atoms with Gasteiger partial charge in [0.15, 0.2) is 0 Å². The van der Waals surface area contributed by atoms with Gasteiger partial charge in [-0.3, -0.25) is 14.5 Å². The van der Waals surface area contributed by atoms with Crippen molar-refractivity contribution in [3.05, 3.63) is 35.6 Å². The Morgan fingerprint density at radius 3 is 2.58 bits per heavy atom. The Morgan fingerprint density at radius 1 is 1.19 bits per heavy atom. The molecule has 1 aromatic rings. The number of nitrogens with zero attached hydrogens (tertiary/aromatic N) is 3. The monoisotopic (exact) mass is 363 g/mol. The Balaban J connectivity index is 1.78. The Hall–Kier alpha value is -1.99. The van der Waals surface area contributed by atoms with Crippen LogP contribution in [0.2, 0.25) is 0 Å². The van der Waals surface area contributed by atoms with Crippen LogP contribution in [0.5, 0.6) is 0 Å². The van der Waals surface area contributed by atoms with E-state index < -0.39 is 5.82 Å². The van der Waals surface area contributed by atoms with Crippen LogP contribution in [0.25, 0.3) is 0 Å². The molecule has 0 N–H and O–H groups in total. The van der Waals surface area contributed by atoms with Gasteiger partial charge in [-0.25, -0.2) is 4.39 Å². The highest BCUT2D eigenvalue weighted by Gasteiger charge is 2.44. The Kier molecular flexibility index (Phi) is 5.29. The summed E-state index contributed by atoms with van der Waals surface area (Å²) in [6.45, 7) is 7.22. The molecule has 0 spiro atoms. The average Bonchev–Trinajstić information content (AvgIpc) is 2.60. The van der Waals surface area contributed by atoms with Crippen molar-refractivity contribution in [3.8, 4) is 0 Å². The first-order valence-electron chi connectivity index (χ1n) is 8.91. The fourth-order valence-corrected chi connectivity index (χ4v) is 4.09. The minimum Gasteiger partial charge on any atom is -0.375 e. The summed E-state index contributed by atoms with van der Waals surface area (Å²) in [5.74, 6) is -0.836. The summed E-state index contributed by atoms with van der Waals surface area (Å²) in [6.07, 6.45) is 0. The Morgan fingerprint density at radius 2 is 1.88 bits per heavy atom. The van der Waals surface area contributed by atoms with Crippen molar-refractivity contribution in [1.82, 2.24) is 14.7 Å². The summed E-state index contributed by atoms with van der Waals surface area (Å²) in [6, 6.07) is 6.11. The van der Waals surface area contributed by atoms with E-state index in [0.29, 0.717) is 26.2 Å². The number of halogens is 1. The number of rotatable bonds is 3. The van der Waals surface area contributed by atoms with E-state index in [2.05, 4.69) is 18.7 Å². The lowest BCUT2D eigenvalue weighted by Gasteiger charge is -2.55. The largest absolute Gasteiger partial charge is 0.375 e. The molecule has 2 aliphatic rings. The van der Waals surface area contributed by atoms with E-state index in [9.17, 15) is 14.0 Å². The number of carbonyl (C=O) groups excluding carboxylic acids is 2. The molecule has 1 aromatic carbocycles. The highest BCUT2D eigenvalue weighted by atomic mass is 19.1. The van der Waals surface area contributed by atoms with E-state index in [-0.39, 0.29) is 35.6 Å². The van der Waals surface area contributed by atoms with E-state index in [0.717, 1.165) is 6.54 Å². The summed E-state index contributed by atoms with van der Waals surface area (Å²) >= 11 is 0. The highest BCUT2D eigenvalue weighted by Crippen LogP contribution is 2.29. The molecule has 2 fully saturated rings. The Bertz CT molecular complexity index is 694. The van der Waals surface area contributed by atoms with Crippen molar-refractivity contribution in [2.45, 2.75) is 25.4 Å². The van der Waals surface area contributed by atoms with Crippen molar-refractivity contribution in [2.75, 3.05) is 46.4 Å². The lowest BCUT2D eigenvalue weighted by Crippen LogP contribution is -2.70. The van der Waals surface area contributed by atoms with E-state index in [4.69, 9.17) is 4.74 Å². The summed E-state index contributed by atoms with van der Waals surface area (Å²) in [4.78, 5) is 30.9. The zero-order valence-electron chi connectivity index (χ0n) is 15.6. The fourth-order valence-electron chi connectivity index (χ4n) is 4.09. The third-order valence-electron chi connectivity index (χ3n) is 5.28. The molecule has 2 amide bonds. The van der Waals surface area contributed by atoms with E-state index in [1.54, 1.807) is 21.9 Å². The van der Waals surface area contributed by atoms with Crippen LogP contribution in [0.15, 0.2) is 24.3 Å². The molecule has 0 radical (unpaired) electrons. The van der Waals surface area contributed by atoms with Gasteiger partial charge in [0.05, 0.1) is 5.56 Å². The molecule has 1 unspecified atom stereocenters. The summed E-state index contributed by atoms with van der Waals surface area (Å²) < 4.78 is 19.0. The van der Waals surface area contributed by atoms with Gasteiger partial charge in [0.2, 0.25) is 5.91 Å². The zero-order chi connectivity index (χ0) is 18.9. The molecule has 2 aliphatic heterocycles. The van der Waals surface area contributed by atoms with Crippen LogP contribution < -0.4 is 0 Å². The molecule has 7 heteroatoms. The molecule has 2 saturated heterocycles. The minimum absolute atomic E-state index is 0.0315. The Labute approximate surface area is 153 Å². The van der Waals surface area contributed by atoms with Gasteiger partial charge in [0.1, 0.15) is 12.4 Å². The number of amides is 2. The number of methoxy groups -OCH3 is 1. The van der Waals surface area contributed by atoms with E-state index in [1.807, 2.05) is 0 Å². The molecule has 3 rings (SSSR count). The predicted octanol–water partition coefficient (Wildman–Crippen LogP) is 1.22. The van der Waals surface area contributed by atoms with Crippen molar-refractivity contribution < 1.29 is 18.7 Å². The van der Waals surface area contributed by atoms with Crippen LogP contribution >= 0.6 is 0 Å². The first kappa shape index (κ1) is 18.8. The number of carbonyl (C=O) groups is 2. The number of hydrogen-bond donors (Lipinski definition) is 0. The average molecular weight is 363 g/mol. The number of fused-ring (bicyclic) bond motifs is 1. The normalized spacial score (nSPS) is 22.8. The van der Waals surface area contributed by atoms with Crippen LogP contribution in [-0.2, 0) is 9.53 Å². The van der Waals surface area contributed by atoms with Crippen LogP contribution in [0.4, 0.5) is 4.39 Å². The smallest absolute Gasteiger partial charge is 0.256 e. The van der Waals surface area contributed by atoms with E-state index in [1.165, 1.54) is 19.2 Å². The predicted molar refractivity (Wildman–Crippen MR) is 95.3 cm³/mol. The lowest BCUT2D eigenvalue weighted by atomic mass is 9.92. The van der Waals surface area contributed by atoms with Gasteiger partial charge < -0.3 is 14.5 Å². The molecular weight excluding hydrogens is 337 g/mol. The summed E-state index contributed by atoms with van der Waals surface area (Å²) in [5, 5.41) is 0. The SMILES string of the molecule is COCC(=O)N1CCN2C(C1)CN(C(=O)c1ccccc1F)CC2(C)C. The standard InChI is InChI=1S/C19H26FN3O3/c1-19(2)13-22(18(25)15-6-4-5-7-16(15)20)11-14-10-21(8-9-23(14)19)17(24)12-26-3/h4-7,14H,8-13H2,1-3H3. The first-order valence-corrected chi connectivity index (χ1v) is 8.91. The third-order valence-corrected chi connectivity index (χ3v) is 5.28. The third kappa shape index (κ3) is 3.59. The number of piperazine rings is 2. The van der Waals surface area contributed by atoms with Crippen LogP contribution in [-0.4, -0.2) is 84.5 Å². The number of hydrogen-bond acceptors (Lipinski definition) is 4. The maximum absolute atomic E-state index is 14.0. The molecule has 0 bridgehead atoms. The van der Waals surface area contributed by atoms with Crippen molar-refractivity contribution in [2.24, 2.45) is 0 Å². The van der Waals surface area contributed by atoms with Crippen LogP contribution in [0.1, 0.15) is 24.2 Å². The maximum atomic E-state index is 14.0. The number of ether oxygens (including phenoxy) is 1. The second-order valence-corrected chi connectivity index (χ2v) is 7.60. The van der Waals surface area contributed by atoms with Crippen molar-refractivity contribution >= 4 is 11.8 Å². The summed E-state index contributed by atoms with van der Waals surface area (Å²) in [7, 11) is 1.51. The quantitative estimate of drug-likeness (QED) is 0.810. The fraction of sp³-hybridized carbons (Fsp3) is 0.579. The zero-order valence-corrected chi connectivity index (χ0v) is 15.6. The first-order chi connectivity index (χ1) is 12.3. The van der Waals surface area contributed by atoms with Crippen molar-refractivity contribution in [3.63, 3.8) is 0 Å². The van der Waals surface area contributed by atoms with Gasteiger partial charge in [0, 0.05) is 51.4 Å². The minimum atomic E-state index is -0.502. The summed E-state index contributed by atoms with van der Waals surface area (Å²) in [5.41, 5.74) is -0.139. The molecular formula is C19H26FN3O3. The molecule has 0 aliphatic carbocycles.